The summed E-state index contributed by atoms with van der Waals surface area (Å²) >= 11 is 12.0. The van der Waals surface area contributed by atoms with Gasteiger partial charge in [-0.15, -0.1) is 4.73 Å². The highest BCUT2D eigenvalue weighted by molar-refractivity contribution is 6.35. The number of aliphatic hydroxyl groups excluding tert-OH is 3. The van der Waals surface area contributed by atoms with Gasteiger partial charge in [-0.3, -0.25) is 0 Å². The number of aromatic nitrogens is 2. The van der Waals surface area contributed by atoms with Crippen LogP contribution in [0.15, 0.2) is 18.2 Å². The standard InChI is InChI=1S/C12H12Cl2N2O5/c13-5-2-1-3-6-8(5)15-12(14)16(6)21-11-10(19)9(18)7(4-17)20-11/h1-3,7,9-11,17-19H,4H2/t7-,9-,10-,11+/m1/s1. The van der Waals surface area contributed by atoms with Gasteiger partial charge < -0.3 is 24.9 Å². The van der Waals surface area contributed by atoms with Crippen LogP contribution in [0.5, 0.6) is 0 Å². The number of benzene rings is 1. The first-order valence-corrected chi connectivity index (χ1v) is 6.90. The maximum atomic E-state index is 9.86. The van der Waals surface area contributed by atoms with E-state index in [1.165, 1.54) is 0 Å². The molecule has 1 aromatic carbocycles. The number of fused-ring (bicyclic) bond motifs is 1. The van der Waals surface area contributed by atoms with E-state index in [4.69, 9.17) is 37.9 Å². The Labute approximate surface area is 129 Å². The van der Waals surface area contributed by atoms with Crippen LogP contribution >= 0.6 is 23.2 Å². The van der Waals surface area contributed by atoms with Gasteiger partial charge in [0.15, 0.2) is 0 Å². The van der Waals surface area contributed by atoms with Gasteiger partial charge >= 0.3 is 0 Å². The molecule has 1 fully saturated rings. The molecule has 1 aliphatic heterocycles. The molecule has 3 rings (SSSR count). The lowest BCUT2D eigenvalue weighted by Gasteiger charge is -2.17. The molecular weight excluding hydrogens is 323 g/mol. The van der Waals surface area contributed by atoms with E-state index >= 15 is 0 Å². The highest BCUT2D eigenvalue weighted by Gasteiger charge is 2.44. The molecule has 0 unspecified atom stereocenters. The summed E-state index contributed by atoms with van der Waals surface area (Å²) in [5, 5.41) is 29.0. The van der Waals surface area contributed by atoms with Crippen molar-refractivity contribution in [2.45, 2.75) is 24.6 Å². The zero-order chi connectivity index (χ0) is 15.1. The van der Waals surface area contributed by atoms with Crippen LogP contribution in [0.3, 0.4) is 0 Å². The Morgan fingerprint density at radius 1 is 1.29 bits per heavy atom. The predicted octanol–water partition coefficient (Wildman–Crippen LogP) is 0.211. The number of ether oxygens (including phenoxy) is 1. The molecule has 0 aliphatic carbocycles. The summed E-state index contributed by atoms with van der Waals surface area (Å²) in [7, 11) is 0. The van der Waals surface area contributed by atoms with Crippen molar-refractivity contribution in [2.24, 2.45) is 0 Å². The van der Waals surface area contributed by atoms with Crippen molar-refractivity contribution in [1.82, 2.24) is 9.71 Å². The first-order chi connectivity index (χ1) is 10.0. The van der Waals surface area contributed by atoms with Gasteiger partial charge in [0, 0.05) is 0 Å². The lowest BCUT2D eigenvalue weighted by molar-refractivity contribution is -0.168. The first-order valence-electron chi connectivity index (χ1n) is 6.15. The number of imidazole rings is 1. The molecule has 2 aromatic rings. The SMILES string of the molecule is OC[C@H]1O[C@@H](On2c(Cl)nc3c(Cl)cccc32)[C@H](O)[C@@H]1O. The second-order valence-electron chi connectivity index (χ2n) is 4.59. The number of aliphatic hydroxyl groups is 3. The minimum Gasteiger partial charge on any atom is -0.394 e. The average molecular weight is 335 g/mol. The third kappa shape index (κ3) is 2.46. The molecule has 1 saturated heterocycles. The van der Waals surface area contributed by atoms with Crippen molar-refractivity contribution in [3.63, 3.8) is 0 Å². The Morgan fingerprint density at radius 2 is 2.05 bits per heavy atom. The van der Waals surface area contributed by atoms with Crippen LogP contribution in [-0.4, -0.2) is 56.2 Å². The molecule has 1 aliphatic rings. The molecule has 9 heteroatoms. The fourth-order valence-corrected chi connectivity index (χ4v) is 2.60. The second-order valence-corrected chi connectivity index (χ2v) is 5.34. The lowest BCUT2D eigenvalue weighted by atomic mass is 10.1. The van der Waals surface area contributed by atoms with Gasteiger partial charge in [-0.2, -0.15) is 0 Å². The monoisotopic (exact) mass is 334 g/mol. The smallest absolute Gasteiger partial charge is 0.254 e. The quantitative estimate of drug-likeness (QED) is 0.742. The predicted molar refractivity (Wildman–Crippen MR) is 74.1 cm³/mol. The Morgan fingerprint density at radius 3 is 2.71 bits per heavy atom. The molecule has 7 nitrogen and oxygen atoms in total. The topological polar surface area (TPSA) is 97.0 Å². The Bertz CT molecular complexity index is 664. The molecular formula is C12H12Cl2N2O5. The Kier molecular flexibility index (Phi) is 3.96. The summed E-state index contributed by atoms with van der Waals surface area (Å²) in [4.78, 5) is 9.51. The number of halogens is 2. The van der Waals surface area contributed by atoms with Gasteiger partial charge in [0.05, 0.1) is 11.6 Å². The van der Waals surface area contributed by atoms with Crippen molar-refractivity contribution >= 4 is 34.2 Å². The molecule has 0 radical (unpaired) electrons. The molecule has 0 saturated carbocycles. The molecule has 114 valence electrons. The summed E-state index contributed by atoms with van der Waals surface area (Å²) in [6.45, 7) is -0.442. The molecule has 0 spiro atoms. The summed E-state index contributed by atoms with van der Waals surface area (Å²) < 4.78 is 6.39. The van der Waals surface area contributed by atoms with Crippen molar-refractivity contribution in [3.8, 4) is 0 Å². The van der Waals surface area contributed by atoms with E-state index in [-0.39, 0.29) is 5.28 Å². The van der Waals surface area contributed by atoms with Crippen molar-refractivity contribution < 1.29 is 24.9 Å². The van der Waals surface area contributed by atoms with E-state index in [1.54, 1.807) is 18.2 Å². The van der Waals surface area contributed by atoms with Gasteiger partial charge in [-0.05, 0) is 23.7 Å². The third-order valence-electron chi connectivity index (χ3n) is 3.26. The van der Waals surface area contributed by atoms with Crippen molar-refractivity contribution in [1.29, 1.82) is 0 Å². The minimum absolute atomic E-state index is 0.00385. The number of hydrogen-bond acceptors (Lipinski definition) is 6. The van der Waals surface area contributed by atoms with Gasteiger partial charge in [0.1, 0.15) is 29.3 Å². The highest BCUT2D eigenvalue weighted by Crippen LogP contribution is 2.27. The molecule has 21 heavy (non-hydrogen) atoms. The summed E-state index contributed by atoms with van der Waals surface area (Å²) in [5.74, 6) is 0. The molecule has 4 atom stereocenters. The van der Waals surface area contributed by atoms with E-state index in [9.17, 15) is 10.2 Å². The second kappa shape index (κ2) is 5.60. The largest absolute Gasteiger partial charge is 0.394 e. The van der Waals surface area contributed by atoms with Gasteiger partial charge in [0.2, 0.25) is 5.28 Å². The highest BCUT2D eigenvalue weighted by atomic mass is 35.5. The maximum Gasteiger partial charge on any atom is 0.254 e. The number of rotatable bonds is 3. The van der Waals surface area contributed by atoms with Crippen LogP contribution in [0.4, 0.5) is 0 Å². The fraction of sp³-hybridized carbons (Fsp3) is 0.417. The van der Waals surface area contributed by atoms with Crippen LogP contribution < -0.4 is 4.84 Å². The molecule has 0 bridgehead atoms. The zero-order valence-corrected chi connectivity index (χ0v) is 12.1. The zero-order valence-electron chi connectivity index (χ0n) is 10.6. The van der Waals surface area contributed by atoms with Gasteiger partial charge in [0.25, 0.3) is 6.29 Å². The van der Waals surface area contributed by atoms with E-state index < -0.39 is 31.2 Å². The van der Waals surface area contributed by atoms with Crippen LogP contribution in [0.1, 0.15) is 0 Å². The molecule has 3 N–H and O–H groups in total. The average Bonchev–Trinajstić information content (AvgIpc) is 2.93. The van der Waals surface area contributed by atoms with Gasteiger partial charge in [-0.25, -0.2) is 4.98 Å². The molecule has 1 aromatic heterocycles. The first kappa shape index (κ1) is 14.8. The van der Waals surface area contributed by atoms with E-state index in [1.807, 2.05) is 0 Å². The van der Waals surface area contributed by atoms with E-state index in [2.05, 4.69) is 4.98 Å². The fourth-order valence-electron chi connectivity index (χ4n) is 2.17. The summed E-state index contributed by atoms with van der Waals surface area (Å²) in [6.07, 6.45) is -4.69. The van der Waals surface area contributed by atoms with Crippen molar-refractivity contribution in [3.05, 3.63) is 28.5 Å². The number of nitrogens with zero attached hydrogens (tertiary/aromatic N) is 2. The van der Waals surface area contributed by atoms with Crippen LogP contribution in [-0.2, 0) is 4.74 Å². The van der Waals surface area contributed by atoms with E-state index in [0.29, 0.717) is 16.1 Å². The van der Waals surface area contributed by atoms with Gasteiger partial charge in [-0.1, -0.05) is 17.7 Å². The third-order valence-corrected chi connectivity index (χ3v) is 3.81. The minimum atomic E-state index is -1.32. The van der Waals surface area contributed by atoms with Crippen LogP contribution in [0.25, 0.3) is 11.0 Å². The normalized spacial score (nSPS) is 29.2. The lowest BCUT2D eigenvalue weighted by Crippen LogP contribution is -2.38. The van der Waals surface area contributed by atoms with Crippen LogP contribution in [0, 0.1) is 0 Å². The summed E-state index contributed by atoms with van der Waals surface area (Å²) in [5.41, 5.74) is 0.932. The molecule has 0 amide bonds. The number of para-hydroxylation sites is 1. The van der Waals surface area contributed by atoms with E-state index in [0.717, 1.165) is 4.73 Å². The Balaban J connectivity index is 1.92. The summed E-state index contributed by atoms with van der Waals surface area (Å²) in [6, 6.07) is 5.03. The number of hydrogen-bond donors (Lipinski definition) is 3. The van der Waals surface area contributed by atoms with Crippen molar-refractivity contribution in [2.75, 3.05) is 6.61 Å². The van der Waals surface area contributed by atoms with Crippen LogP contribution in [0.2, 0.25) is 10.3 Å². The Hall–Kier alpha value is -1.09. The maximum absolute atomic E-state index is 9.86. The molecule has 2 heterocycles.